The summed E-state index contributed by atoms with van der Waals surface area (Å²) in [4.78, 5) is 26.7. The maximum atomic E-state index is 12.8. The Kier molecular flexibility index (Phi) is 5.83. The van der Waals surface area contributed by atoms with Crippen molar-refractivity contribution >= 4 is 11.8 Å². The molecule has 0 aromatic heterocycles. The van der Waals surface area contributed by atoms with Crippen molar-refractivity contribution in [2.45, 2.75) is 85.2 Å². The Morgan fingerprint density at radius 1 is 1.24 bits per heavy atom. The van der Waals surface area contributed by atoms with E-state index < -0.39 is 5.54 Å². The maximum Gasteiger partial charge on any atom is 0.248 e. The summed E-state index contributed by atoms with van der Waals surface area (Å²) in [5, 5.41) is 2.88. The number of amides is 2. The van der Waals surface area contributed by atoms with E-state index >= 15 is 0 Å². The summed E-state index contributed by atoms with van der Waals surface area (Å²) in [7, 11) is 0. The SMILES string of the molecule is CCCCCC(C)(C)CN1C(=O)C(C)(CC)NC(=O)C1C. The first-order chi connectivity index (χ1) is 9.67. The molecule has 2 amide bonds. The van der Waals surface area contributed by atoms with Crippen molar-refractivity contribution in [3.05, 3.63) is 0 Å². The maximum absolute atomic E-state index is 12.8. The summed E-state index contributed by atoms with van der Waals surface area (Å²) in [6.45, 7) is 12.8. The Bertz CT molecular complexity index is 392. The molecule has 4 nitrogen and oxygen atoms in total. The molecule has 122 valence electrons. The average Bonchev–Trinajstić information content (AvgIpc) is 2.41. The van der Waals surface area contributed by atoms with E-state index in [1.807, 2.05) is 20.8 Å². The van der Waals surface area contributed by atoms with Crippen molar-refractivity contribution in [2.24, 2.45) is 5.41 Å². The van der Waals surface area contributed by atoms with Gasteiger partial charge in [0.25, 0.3) is 0 Å². The van der Waals surface area contributed by atoms with Crippen molar-refractivity contribution in [1.82, 2.24) is 10.2 Å². The predicted octanol–water partition coefficient (Wildman–Crippen LogP) is 3.11. The summed E-state index contributed by atoms with van der Waals surface area (Å²) < 4.78 is 0. The molecule has 0 bridgehead atoms. The van der Waals surface area contributed by atoms with Crippen molar-refractivity contribution in [3.8, 4) is 0 Å². The lowest BCUT2D eigenvalue weighted by molar-refractivity contribution is -0.155. The fourth-order valence-electron chi connectivity index (χ4n) is 2.91. The number of nitrogens with zero attached hydrogens (tertiary/aromatic N) is 1. The van der Waals surface area contributed by atoms with Gasteiger partial charge in [0.05, 0.1) is 0 Å². The topological polar surface area (TPSA) is 49.4 Å². The Morgan fingerprint density at radius 2 is 1.86 bits per heavy atom. The van der Waals surface area contributed by atoms with Gasteiger partial charge < -0.3 is 10.2 Å². The molecule has 1 aliphatic rings. The lowest BCUT2D eigenvalue weighted by Crippen LogP contribution is -2.69. The molecule has 1 N–H and O–H groups in total. The van der Waals surface area contributed by atoms with Gasteiger partial charge in [0.2, 0.25) is 11.8 Å². The molecule has 0 spiro atoms. The van der Waals surface area contributed by atoms with Crippen molar-refractivity contribution < 1.29 is 9.59 Å². The molecule has 21 heavy (non-hydrogen) atoms. The van der Waals surface area contributed by atoms with Crippen LogP contribution in [0.15, 0.2) is 0 Å². The van der Waals surface area contributed by atoms with Crippen LogP contribution in [0.25, 0.3) is 0 Å². The first kappa shape index (κ1) is 18.0. The van der Waals surface area contributed by atoms with Crippen LogP contribution in [-0.4, -0.2) is 34.8 Å². The number of unbranched alkanes of at least 4 members (excludes halogenated alkanes) is 2. The van der Waals surface area contributed by atoms with E-state index in [9.17, 15) is 9.59 Å². The molecule has 0 aliphatic carbocycles. The minimum absolute atomic E-state index is 0.0386. The third-order valence-electron chi connectivity index (χ3n) is 4.74. The van der Waals surface area contributed by atoms with Crippen LogP contribution in [0.5, 0.6) is 0 Å². The largest absolute Gasteiger partial charge is 0.340 e. The van der Waals surface area contributed by atoms with Crippen molar-refractivity contribution in [1.29, 1.82) is 0 Å². The van der Waals surface area contributed by atoms with Gasteiger partial charge in [-0.25, -0.2) is 0 Å². The van der Waals surface area contributed by atoms with Gasteiger partial charge >= 0.3 is 0 Å². The molecule has 0 aromatic carbocycles. The number of nitrogens with one attached hydrogen (secondary N) is 1. The molecule has 1 fully saturated rings. The Morgan fingerprint density at radius 3 is 2.38 bits per heavy atom. The Hall–Kier alpha value is -1.06. The molecular weight excluding hydrogens is 264 g/mol. The van der Waals surface area contributed by atoms with Crippen LogP contribution in [0.1, 0.15) is 73.6 Å². The fraction of sp³-hybridized carbons (Fsp3) is 0.882. The Balaban J connectivity index is 2.83. The van der Waals surface area contributed by atoms with E-state index in [1.54, 1.807) is 4.90 Å². The minimum atomic E-state index is -0.747. The predicted molar refractivity (Wildman–Crippen MR) is 85.9 cm³/mol. The summed E-state index contributed by atoms with van der Waals surface area (Å²) >= 11 is 0. The van der Waals surface area contributed by atoms with Gasteiger partial charge in [-0.1, -0.05) is 47.0 Å². The summed E-state index contributed by atoms with van der Waals surface area (Å²) in [5.74, 6) is 0.0176. The van der Waals surface area contributed by atoms with E-state index in [1.165, 1.54) is 19.3 Å². The van der Waals surface area contributed by atoms with Gasteiger partial charge in [-0.3, -0.25) is 9.59 Å². The van der Waals surface area contributed by atoms with E-state index in [4.69, 9.17) is 0 Å². The van der Waals surface area contributed by atoms with Crippen LogP contribution in [0.4, 0.5) is 0 Å². The van der Waals surface area contributed by atoms with Crippen molar-refractivity contribution in [3.63, 3.8) is 0 Å². The summed E-state index contributed by atoms with van der Waals surface area (Å²) in [6, 6.07) is -0.373. The molecule has 2 unspecified atom stereocenters. The lowest BCUT2D eigenvalue weighted by atomic mass is 9.84. The van der Waals surface area contributed by atoms with Crippen LogP contribution in [0.2, 0.25) is 0 Å². The van der Waals surface area contributed by atoms with Crippen LogP contribution in [0, 0.1) is 5.41 Å². The van der Waals surface area contributed by atoms with Gasteiger partial charge in [0.1, 0.15) is 11.6 Å². The van der Waals surface area contributed by atoms with Crippen LogP contribution in [0.3, 0.4) is 0 Å². The minimum Gasteiger partial charge on any atom is -0.340 e. The zero-order valence-corrected chi connectivity index (χ0v) is 14.6. The smallest absolute Gasteiger partial charge is 0.248 e. The number of carbonyl (C=O) groups is 2. The molecule has 1 aliphatic heterocycles. The van der Waals surface area contributed by atoms with Crippen molar-refractivity contribution in [2.75, 3.05) is 6.54 Å². The van der Waals surface area contributed by atoms with Crippen LogP contribution >= 0.6 is 0 Å². The van der Waals surface area contributed by atoms with E-state index in [2.05, 4.69) is 26.1 Å². The number of hydrogen-bond donors (Lipinski definition) is 1. The number of carbonyl (C=O) groups excluding carboxylic acids is 2. The first-order valence-corrected chi connectivity index (χ1v) is 8.30. The third kappa shape index (κ3) is 4.21. The second-order valence-corrected chi connectivity index (χ2v) is 7.41. The fourth-order valence-corrected chi connectivity index (χ4v) is 2.91. The Labute approximate surface area is 129 Å². The molecule has 2 atom stereocenters. The number of piperazine rings is 1. The molecule has 1 heterocycles. The van der Waals surface area contributed by atoms with Gasteiger partial charge in [-0.15, -0.1) is 0 Å². The molecule has 1 saturated heterocycles. The number of hydrogen-bond acceptors (Lipinski definition) is 2. The van der Waals surface area contributed by atoms with Gasteiger partial charge in [-0.05, 0) is 32.1 Å². The van der Waals surface area contributed by atoms with E-state index in [0.717, 1.165) is 6.42 Å². The highest BCUT2D eigenvalue weighted by Gasteiger charge is 2.46. The summed E-state index contributed by atoms with van der Waals surface area (Å²) in [6.07, 6.45) is 5.31. The molecule has 0 aromatic rings. The molecule has 4 heteroatoms. The average molecular weight is 296 g/mol. The molecule has 0 saturated carbocycles. The molecule has 0 radical (unpaired) electrons. The normalized spacial score (nSPS) is 27.0. The van der Waals surface area contributed by atoms with Gasteiger partial charge in [-0.2, -0.15) is 0 Å². The van der Waals surface area contributed by atoms with Gasteiger partial charge in [0, 0.05) is 6.54 Å². The highest BCUT2D eigenvalue weighted by molar-refractivity contribution is 5.99. The second kappa shape index (κ2) is 6.80. The lowest BCUT2D eigenvalue weighted by Gasteiger charge is -2.45. The van der Waals surface area contributed by atoms with E-state index in [0.29, 0.717) is 13.0 Å². The summed E-state index contributed by atoms with van der Waals surface area (Å²) in [5.41, 5.74) is -0.700. The highest BCUT2D eigenvalue weighted by Crippen LogP contribution is 2.29. The zero-order chi connectivity index (χ0) is 16.3. The van der Waals surface area contributed by atoms with Gasteiger partial charge in [0.15, 0.2) is 0 Å². The zero-order valence-electron chi connectivity index (χ0n) is 14.6. The standard InChI is InChI=1S/C17H32N2O2/c1-7-9-10-11-16(4,5)12-19-13(3)14(20)18-17(6,8-2)15(19)21/h13H,7-12H2,1-6H3,(H,18,20). The monoisotopic (exact) mass is 296 g/mol. The van der Waals surface area contributed by atoms with Crippen LogP contribution in [-0.2, 0) is 9.59 Å². The second-order valence-electron chi connectivity index (χ2n) is 7.41. The van der Waals surface area contributed by atoms with E-state index in [-0.39, 0.29) is 23.3 Å². The first-order valence-electron chi connectivity index (χ1n) is 8.30. The molecule has 1 rings (SSSR count). The number of rotatable bonds is 7. The highest BCUT2D eigenvalue weighted by atomic mass is 16.2. The molecular formula is C17H32N2O2. The quantitative estimate of drug-likeness (QED) is 0.734. The van der Waals surface area contributed by atoms with Crippen LogP contribution < -0.4 is 5.32 Å². The third-order valence-corrected chi connectivity index (χ3v) is 4.74.